The van der Waals surface area contributed by atoms with E-state index in [1.54, 1.807) is 6.07 Å². The van der Waals surface area contributed by atoms with Gasteiger partial charge in [-0.25, -0.2) is 8.78 Å². The summed E-state index contributed by atoms with van der Waals surface area (Å²) >= 11 is 0. The van der Waals surface area contributed by atoms with Gasteiger partial charge in [0, 0.05) is 6.07 Å². The first-order chi connectivity index (χ1) is 11.4. The molecule has 24 heavy (non-hydrogen) atoms. The zero-order valence-electron chi connectivity index (χ0n) is 13.3. The number of amides is 2. The molecule has 0 aliphatic rings. The van der Waals surface area contributed by atoms with Crippen molar-refractivity contribution in [1.29, 1.82) is 0 Å². The normalized spacial score (nSPS) is 12.0. The van der Waals surface area contributed by atoms with Crippen LogP contribution in [0.15, 0.2) is 30.5 Å². The molecule has 3 N–H and O–H groups in total. The van der Waals surface area contributed by atoms with Crippen molar-refractivity contribution >= 4 is 17.6 Å². The highest BCUT2D eigenvalue weighted by molar-refractivity contribution is 6.00. The Morgan fingerprint density at radius 2 is 2.00 bits per heavy atom. The third-order valence-corrected chi connectivity index (χ3v) is 3.28. The van der Waals surface area contributed by atoms with Gasteiger partial charge in [-0.15, -0.1) is 0 Å². The van der Waals surface area contributed by atoms with Crippen LogP contribution in [-0.2, 0) is 4.79 Å². The largest absolute Gasteiger partial charge is 0.340 e. The van der Waals surface area contributed by atoms with Gasteiger partial charge in [0.05, 0.1) is 11.8 Å². The molecule has 2 amide bonds. The van der Waals surface area contributed by atoms with Crippen LogP contribution < -0.4 is 10.6 Å². The van der Waals surface area contributed by atoms with Crippen molar-refractivity contribution in [3.05, 3.63) is 47.7 Å². The van der Waals surface area contributed by atoms with Gasteiger partial charge < -0.3 is 10.6 Å². The number of carbonyl (C=O) groups is 2. The molecule has 6 nitrogen and oxygen atoms in total. The van der Waals surface area contributed by atoms with Gasteiger partial charge in [-0.1, -0.05) is 19.9 Å². The lowest BCUT2D eigenvalue weighted by Crippen LogP contribution is -2.45. The van der Waals surface area contributed by atoms with Gasteiger partial charge in [0.2, 0.25) is 5.91 Å². The van der Waals surface area contributed by atoms with Crippen LogP contribution in [0.5, 0.6) is 0 Å². The Balaban J connectivity index is 2.14. The summed E-state index contributed by atoms with van der Waals surface area (Å²) in [5.41, 5.74) is -0.446. The number of aromatic nitrogens is 2. The monoisotopic (exact) mass is 336 g/mol. The molecule has 1 aromatic heterocycles. The lowest BCUT2D eigenvalue weighted by molar-refractivity contribution is -0.118. The molecule has 0 radical (unpaired) electrons. The molecule has 2 aromatic rings. The molecular weight excluding hydrogens is 318 g/mol. The van der Waals surface area contributed by atoms with E-state index in [1.807, 2.05) is 13.8 Å². The van der Waals surface area contributed by atoms with Crippen molar-refractivity contribution in [2.75, 3.05) is 5.32 Å². The fourth-order valence-corrected chi connectivity index (χ4v) is 2.16. The Bertz CT molecular complexity index is 717. The molecule has 0 bridgehead atoms. The minimum Gasteiger partial charge on any atom is -0.340 e. The standard InChI is InChI=1S/C16H18F2N4O2/c1-9(2)8-12(16(24)21-13-6-7-19-22-13)20-15(23)10-4-3-5-11(17)14(10)18/h3-7,9,12H,8H2,1-2H3,(H,20,23)(H2,19,21,22,24)/t12-/m1/s1. The summed E-state index contributed by atoms with van der Waals surface area (Å²) in [6.45, 7) is 3.76. The minimum absolute atomic E-state index is 0.0974. The second kappa shape index (κ2) is 7.67. The summed E-state index contributed by atoms with van der Waals surface area (Å²) in [7, 11) is 0. The van der Waals surface area contributed by atoms with Crippen LogP contribution in [0.25, 0.3) is 0 Å². The summed E-state index contributed by atoms with van der Waals surface area (Å²) in [4.78, 5) is 24.5. The molecule has 0 saturated carbocycles. The highest BCUT2D eigenvalue weighted by atomic mass is 19.2. The van der Waals surface area contributed by atoms with Gasteiger partial charge in [0.1, 0.15) is 11.9 Å². The molecular formula is C16H18F2N4O2. The molecule has 0 spiro atoms. The predicted octanol–water partition coefficient (Wildman–Crippen LogP) is 2.47. The molecule has 1 heterocycles. The number of halogens is 2. The van der Waals surface area contributed by atoms with Crippen molar-refractivity contribution in [1.82, 2.24) is 15.5 Å². The van der Waals surface area contributed by atoms with Crippen LogP contribution in [0.3, 0.4) is 0 Å². The lowest BCUT2D eigenvalue weighted by Gasteiger charge is -2.20. The van der Waals surface area contributed by atoms with E-state index in [4.69, 9.17) is 0 Å². The number of H-pyrrole nitrogens is 1. The zero-order chi connectivity index (χ0) is 17.7. The van der Waals surface area contributed by atoms with E-state index < -0.39 is 35.1 Å². The van der Waals surface area contributed by atoms with Crippen molar-refractivity contribution in [3.8, 4) is 0 Å². The smallest absolute Gasteiger partial charge is 0.255 e. The Hall–Kier alpha value is -2.77. The van der Waals surface area contributed by atoms with Crippen molar-refractivity contribution < 1.29 is 18.4 Å². The maximum atomic E-state index is 13.7. The first-order valence-corrected chi connectivity index (χ1v) is 7.43. The van der Waals surface area contributed by atoms with E-state index in [-0.39, 0.29) is 5.92 Å². The summed E-state index contributed by atoms with van der Waals surface area (Å²) in [6.07, 6.45) is 1.80. The fraction of sp³-hybridized carbons (Fsp3) is 0.312. The fourth-order valence-electron chi connectivity index (χ4n) is 2.16. The Kier molecular flexibility index (Phi) is 5.62. The summed E-state index contributed by atoms with van der Waals surface area (Å²) < 4.78 is 27.0. The topological polar surface area (TPSA) is 86.9 Å². The average molecular weight is 336 g/mol. The maximum absolute atomic E-state index is 13.7. The van der Waals surface area contributed by atoms with Gasteiger partial charge in [-0.05, 0) is 24.5 Å². The van der Waals surface area contributed by atoms with Crippen LogP contribution >= 0.6 is 0 Å². The number of benzene rings is 1. The Labute approximate surface area is 137 Å². The lowest BCUT2D eigenvalue weighted by atomic mass is 10.0. The number of carbonyl (C=O) groups excluding carboxylic acids is 2. The van der Waals surface area contributed by atoms with Gasteiger partial charge in [-0.3, -0.25) is 14.7 Å². The molecule has 0 fully saturated rings. The summed E-state index contributed by atoms with van der Waals surface area (Å²) in [5.74, 6) is -3.21. The summed E-state index contributed by atoms with van der Waals surface area (Å²) in [6, 6.07) is 3.96. The van der Waals surface area contributed by atoms with Gasteiger partial charge in [-0.2, -0.15) is 5.10 Å². The van der Waals surface area contributed by atoms with E-state index in [0.29, 0.717) is 12.2 Å². The average Bonchev–Trinajstić information content (AvgIpc) is 3.01. The summed E-state index contributed by atoms with van der Waals surface area (Å²) in [5, 5.41) is 11.3. The Morgan fingerprint density at radius 3 is 2.62 bits per heavy atom. The first-order valence-electron chi connectivity index (χ1n) is 7.43. The predicted molar refractivity (Wildman–Crippen MR) is 84.3 cm³/mol. The van der Waals surface area contributed by atoms with Crippen LogP contribution in [0.1, 0.15) is 30.6 Å². The number of rotatable bonds is 6. The molecule has 0 saturated heterocycles. The number of hydrogen-bond donors (Lipinski definition) is 3. The van der Waals surface area contributed by atoms with E-state index in [1.165, 1.54) is 12.3 Å². The molecule has 128 valence electrons. The second-order valence-corrected chi connectivity index (χ2v) is 5.72. The quantitative estimate of drug-likeness (QED) is 0.757. The molecule has 1 aromatic carbocycles. The van der Waals surface area contributed by atoms with Crippen LogP contribution in [0.4, 0.5) is 14.6 Å². The Morgan fingerprint density at radius 1 is 1.25 bits per heavy atom. The van der Waals surface area contributed by atoms with Crippen molar-refractivity contribution in [2.45, 2.75) is 26.3 Å². The highest BCUT2D eigenvalue weighted by Crippen LogP contribution is 2.13. The van der Waals surface area contributed by atoms with Crippen LogP contribution in [-0.4, -0.2) is 28.1 Å². The maximum Gasteiger partial charge on any atom is 0.255 e. The van der Waals surface area contributed by atoms with E-state index in [9.17, 15) is 18.4 Å². The zero-order valence-corrected chi connectivity index (χ0v) is 13.3. The molecule has 0 aliphatic carbocycles. The number of aromatic amines is 1. The highest BCUT2D eigenvalue weighted by Gasteiger charge is 2.25. The van der Waals surface area contributed by atoms with E-state index >= 15 is 0 Å². The first kappa shape index (κ1) is 17.6. The van der Waals surface area contributed by atoms with Crippen molar-refractivity contribution in [3.63, 3.8) is 0 Å². The number of nitrogens with zero attached hydrogens (tertiary/aromatic N) is 1. The van der Waals surface area contributed by atoms with E-state index in [0.717, 1.165) is 12.1 Å². The van der Waals surface area contributed by atoms with Gasteiger partial charge in [0.25, 0.3) is 5.91 Å². The molecule has 8 heteroatoms. The SMILES string of the molecule is CC(C)C[C@@H](NC(=O)c1cccc(F)c1F)C(=O)Nc1ccn[nH]1. The molecule has 0 unspecified atom stereocenters. The van der Waals surface area contributed by atoms with Gasteiger partial charge >= 0.3 is 0 Å². The van der Waals surface area contributed by atoms with Crippen LogP contribution in [0, 0.1) is 17.6 Å². The number of nitrogens with one attached hydrogen (secondary N) is 3. The van der Waals surface area contributed by atoms with E-state index in [2.05, 4.69) is 20.8 Å². The molecule has 1 atom stereocenters. The molecule has 2 rings (SSSR count). The van der Waals surface area contributed by atoms with Crippen LogP contribution in [0.2, 0.25) is 0 Å². The second-order valence-electron chi connectivity index (χ2n) is 5.72. The minimum atomic E-state index is -1.24. The van der Waals surface area contributed by atoms with Crippen molar-refractivity contribution in [2.24, 2.45) is 5.92 Å². The van der Waals surface area contributed by atoms with Gasteiger partial charge in [0.15, 0.2) is 11.6 Å². The third-order valence-electron chi connectivity index (χ3n) is 3.28. The number of anilines is 1. The number of hydrogen-bond acceptors (Lipinski definition) is 3. The molecule has 0 aliphatic heterocycles. The third kappa shape index (κ3) is 4.37.